The summed E-state index contributed by atoms with van der Waals surface area (Å²) in [4.78, 5) is 14.7. The Bertz CT molecular complexity index is 524. The Balaban J connectivity index is 2.39. The maximum Gasteiger partial charge on any atom is 0.360 e. The first-order chi connectivity index (χ1) is 7.72. The Morgan fingerprint density at radius 3 is 3.06 bits per heavy atom. The largest absolute Gasteiger partial charge is 0.464 e. The standard InChI is InChI=1S/C10H7FN2O3/c1-15-10(14)8-4-9(16-13-8)6-2-3-12-5-7(6)11/h2-5H,1H3. The molecule has 0 aliphatic heterocycles. The van der Waals surface area contributed by atoms with Gasteiger partial charge in [-0.2, -0.15) is 0 Å². The molecule has 0 aliphatic rings. The summed E-state index contributed by atoms with van der Waals surface area (Å²) in [7, 11) is 1.23. The van der Waals surface area contributed by atoms with E-state index in [0.29, 0.717) is 0 Å². The van der Waals surface area contributed by atoms with Gasteiger partial charge >= 0.3 is 5.97 Å². The summed E-state index contributed by atoms with van der Waals surface area (Å²) < 4.78 is 22.6. The van der Waals surface area contributed by atoms with Crippen molar-refractivity contribution in [1.29, 1.82) is 0 Å². The minimum absolute atomic E-state index is 0.00582. The van der Waals surface area contributed by atoms with Crippen molar-refractivity contribution in [2.45, 2.75) is 0 Å². The number of carbonyl (C=O) groups excluding carboxylic acids is 1. The molecule has 0 fully saturated rings. The Morgan fingerprint density at radius 1 is 1.56 bits per heavy atom. The van der Waals surface area contributed by atoms with Gasteiger partial charge in [0.15, 0.2) is 17.3 Å². The van der Waals surface area contributed by atoms with Gasteiger partial charge in [-0.3, -0.25) is 4.98 Å². The van der Waals surface area contributed by atoms with Crippen molar-refractivity contribution in [3.05, 3.63) is 36.0 Å². The summed E-state index contributed by atoms with van der Waals surface area (Å²) in [5.74, 6) is -1.03. The fourth-order valence-electron chi connectivity index (χ4n) is 1.18. The summed E-state index contributed by atoms with van der Waals surface area (Å²) in [5.41, 5.74) is 0.186. The van der Waals surface area contributed by atoms with Crippen LogP contribution in [-0.4, -0.2) is 23.2 Å². The van der Waals surface area contributed by atoms with Crippen LogP contribution in [0.4, 0.5) is 4.39 Å². The van der Waals surface area contributed by atoms with E-state index in [9.17, 15) is 9.18 Å². The van der Waals surface area contributed by atoms with Gasteiger partial charge in [0.25, 0.3) is 0 Å². The third-order valence-electron chi connectivity index (χ3n) is 1.94. The SMILES string of the molecule is COC(=O)c1cc(-c2ccncc2F)on1. The van der Waals surface area contributed by atoms with Gasteiger partial charge < -0.3 is 9.26 Å². The molecule has 0 aliphatic carbocycles. The average molecular weight is 222 g/mol. The number of halogens is 1. The topological polar surface area (TPSA) is 65.2 Å². The molecule has 6 heteroatoms. The molecule has 82 valence electrons. The smallest absolute Gasteiger partial charge is 0.360 e. The first kappa shape index (κ1) is 10.3. The molecule has 0 amide bonds. The van der Waals surface area contributed by atoms with Gasteiger partial charge in [0.1, 0.15) is 0 Å². The molecule has 0 radical (unpaired) electrons. The number of hydrogen-bond donors (Lipinski definition) is 0. The minimum atomic E-state index is -0.635. The van der Waals surface area contributed by atoms with Crippen molar-refractivity contribution in [3.63, 3.8) is 0 Å². The van der Waals surface area contributed by atoms with E-state index in [1.54, 1.807) is 0 Å². The number of rotatable bonds is 2. The highest BCUT2D eigenvalue weighted by Gasteiger charge is 2.15. The van der Waals surface area contributed by atoms with E-state index >= 15 is 0 Å². The molecular formula is C10H7FN2O3. The monoisotopic (exact) mass is 222 g/mol. The summed E-state index contributed by atoms with van der Waals surface area (Å²) >= 11 is 0. The number of methoxy groups -OCH3 is 1. The molecule has 5 nitrogen and oxygen atoms in total. The van der Waals surface area contributed by atoms with Gasteiger partial charge in [-0.05, 0) is 6.07 Å². The second-order valence-electron chi connectivity index (χ2n) is 2.92. The van der Waals surface area contributed by atoms with Gasteiger partial charge in [-0.1, -0.05) is 5.16 Å². The minimum Gasteiger partial charge on any atom is -0.464 e. The fourth-order valence-corrected chi connectivity index (χ4v) is 1.18. The third kappa shape index (κ3) is 1.77. The summed E-state index contributed by atoms with van der Waals surface area (Å²) in [6, 6.07) is 2.74. The zero-order chi connectivity index (χ0) is 11.5. The van der Waals surface area contributed by atoms with Crippen molar-refractivity contribution in [3.8, 4) is 11.3 Å². The van der Waals surface area contributed by atoms with Crippen molar-refractivity contribution in [2.75, 3.05) is 7.11 Å². The number of esters is 1. The lowest BCUT2D eigenvalue weighted by atomic mass is 10.2. The van der Waals surface area contributed by atoms with Gasteiger partial charge in [0.05, 0.1) is 18.9 Å². The van der Waals surface area contributed by atoms with Crippen LogP contribution in [0.5, 0.6) is 0 Å². The predicted octanol–water partition coefficient (Wildman–Crippen LogP) is 1.66. The molecular weight excluding hydrogens is 215 g/mol. The Kier molecular flexibility index (Phi) is 2.63. The van der Waals surface area contributed by atoms with Crippen LogP contribution >= 0.6 is 0 Å². The lowest BCUT2D eigenvalue weighted by Crippen LogP contribution is -2.00. The molecule has 2 heterocycles. The number of aromatic nitrogens is 2. The number of nitrogens with zero attached hydrogens (tertiary/aromatic N) is 2. The Labute approximate surface area is 89.8 Å². The Morgan fingerprint density at radius 2 is 2.38 bits per heavy atom. The molecule has 0 saturated heterocycles. The molecule has 0 saturated carbocycles. The van der Waals surface area contributed by atoms with Crippen LogP contribution in [0.15, 0.2) is 29.0 Å². The maximum absolute atomic E-state index is 13.3. The van der Waals surface area contributed by atoms with Crippen molar-refractivity contribution < 1.29 is 18.4 Å². The average Bonchev–Trinajstić information content (AvgIpc) is 2.78. The van der Waals surface area contributed by atoms with E-state index in [4.69, 9.17) is 4.52 Å². The molecule has 2 aromatic rings. The van der Waals surface area contributed by atoms with E-state index in [-0.39, 0.29) is 17.0 Å². The molecule has 16 heavy (non-hydrogen) atoms. The van der Waals surface area contributed by atoms with Crippen LogP contribution in [-0.2, 0) is 4.74 Å². The molecule has 2 aromatic heterocycles. The highest BCUT2D eigenvalue weighted by atomic mass is 19.1. The van der Waals surface area contributed by atoms with Crippen LogP contribution in [0.1, 0.15) is 10.5 Å². The predicted molar refractivity (Wildman–Crippen MR) is 51.0 cm³/mol. The number of ether oxygens (including phenoxy) is 1. The van der Waals surface area contributed by atoms with E-state index in [1.807, 2.05) is 0 Å². The molecule has 0 unspecified atom stereocenters. The Hall–Kier alpha value is -2.24. The second-order valence-corrected chi connectivity index (χ2v) is 2.92. The van der Waals surface area contributed by atoms with Crippen molar-refractivity contribution >= 4 is 5.97 Å². The summed E-state index contributed by atoms with van der Waals surface area (Å²) in [6.07, 6.45) is 2.47. The normalized spacial score (nSPS) is 10.1. The van der Waals surface area contributed by atoms with E-state index < -0.39 is 11.8 Å². The molecule has 0 spiro atoms. The molecule has 0 bridgehead atoms. The van der Waals surface area contributed by atoms with Crippen LogP contribution in [0.3, 0.4) is 0 Å². The lowest BCUT2D eigenvalue weighted by molar-refractivity contribution is 0.0589. The molecule has 0 aromatic carbocycles. The fraction of sp³-hybridized carbons (Fsp3) is 0.100. The van der Waals surface area contributed by atoms with E-state index in [2.05, 4.69) is 14.9 Å². The van der Waals surface area contributed by atoms with Crippen LogP contribution in [0.2, 0.25) is 0 Å². The first-order valence-corrected chi connectivity index (χ1v) is 4.37. The maximum atomic E-state index is 13.3. The number of carbonyl (C=O) groups is 1. The van der Waals surface area contributed by atoms with Crippen LogP contribution in [0.25, 0.3) is 11.3 Å². The molecule has 2 rings (SSSR count). The van der Waals surface area contributed by atoms with E-state index in [1.165, 1.54) is 25.4 Å². The number of hydrogen-bond acceptors (Lipinski definition) is 5. The van der Waals surface area contributed by atoms with Gasteiger partial charge in [0.2, 0.25) is 0 Å². The first-order valence-electron chi connectivity index (χ1n) is 4.37. The third-order valence-corrected chi connectivity index (χ3v) is 1.94. The molecule has 0 atom stereocenters. The van der Waals surface area contributed by atoms with Crippen molar-refractivity contribution in [1.82, 2.24) is 10.1 Å². The van der Waals surface area contributed by atoms with E-state index in [0.717, 1.165) is 6.20 Å². The van der Waals surface area contributed by atoms with Gasteiger partial charge in [-0.15, -0.1) is 0 Å². The summed E-state index contributed by atoms with van der Waals surface area (Å²) in [5, 5.41) is 3.47. The van der Waals surface area contributed by atoms with Gasteiger partial charge in [0, 0.05) is 12.3 Å². The zero-order valence-electron chi connectivity index (χ0n) is 8.31. The molecule has 0 N–H and O–H groups in total. The lowest BCUT2D eigenvalue weighted by Gasteiger charge is -1.94. The second kappa shape index (κ2) is 4.09. The van der Waals surface area contributed by atoms with Gasteiger partial charge in [-0.25, -0.2) is 9.18 Å². The number of pyridine rings is 1. The zero-order valence-corrected chi connectivity index (χ0v) is 8.31. The van der Waals surface area contributed by atoms with Crippen LogP contribution < -0.4 is 0 Å². The summed E-state index contributed by atoms with van der Waals surface area (Å²) in [6.45, 7) is 0. The van der Waals surface area contributed by atoms with Crippen LogP contribution in [0, 0.1) is 5.82 Å². The highest BCUT2D eigenvalue weighted by molar-refractivity contribution is 5.88. The highest BCUT2D eigenvalue weighted by Crippen LogP contribution is 2.22. The van der Waals surface area contributed by atoms with Crippen molar-refractivity contribution in [2.24, 2.45) is 0 Å². The quantitative estimate of drug-likeness (QED) is 0.723.